The van der Waals surface area contributed by atoms with E-state index in [1.165, 1.54) is 0 Å². The maximum atomic E-state index is 16.8. The van der Waals surface area contributed by atoms with E-state index in [9.17, 15) is 0 Å². The first-order valence-corrected chi connectivity index (χ1v) is 27.8. The van der Waals surface area contributed by atoms with Crippen molar-refractivity contribution in [2.24, 2.45) is 0 Å². The highest BCUT2D eigenvalue weighted by Crippen LogP contribution is 2.43. The van der Waals surface area contributed by atoms with E-state index < -0.39 is 80.4 Å². The first kappa shape index (κ1) is 52.3. The summed E-state index contributed by atoms with van der Waals surface area (Å²) in [5, 5.41) is 0. The molecule has 0 aliphatic rings. The van der Waals surface area contributed by atoms with Crippen molar-refractivity contribution in [3.8, 4) is 121 Å². The van der Waals surface area contributed by atoms with Crippen molar-refractivity contribution in [3.05, 3.63) is 212 Å². The molecular weight excluding hydrogens is 1110 g/mol. The first-order chi connectivity index (χ1) is 38.6. The highest BCUT2D eigenvalue weighted by molar-refractivity contribution is 7.16. The van der Waals surface area contributed by atoms with Gasteiger partial charge in [-0.3, -0.25) is 0 Å². The van der Waals surface area contributed by atoms with E-state index in [1.54, 1.807) is 142 Å². The van der Waals surface area contributed by atoms with E-state index in [0.717, 1.165) is 61.3 Å². The molecule has 12 aromatic rings. The summed E-state index contributed by atoms with van der Waals surface area (Å²) in [6.45, 7) is 7.85. The van der Waals surface area contributed by atoms with Crippen molar-refractivity contribution in [3.63, 3.8) is 0 Å². The third kappa shape index (κ3) is 9.71. The lowest BCUT2D eigenvalue weighted by Crippen LogP contribution is -2.11. The Morgan fingerprint density at radius 1 is 0.212 bits per heavy atom. The zero-order valence-electron chi connectivity index (χ0n) is 42.2. The molecule has 6 heterocycles. The van der Waals surface area contributed by atoms with E-state index in [4.69, 9.17) is 0 Å². The van der Waals surface area contributed by atoms with Gasteiger partial charge in [-0.25, -0.2) is 65.0 Å². The molecule has 0 N–H and O–H groups in total. The number of aryl methyl sites for hydroxylation is 4. The highest BCUT2D eigenvalue weighted by atomic mass is 32.1. The fraction of sp³-hybridized carbons (Fsp3) is 0.0645. The molecule has 6 nitrogen and oxygen atoms in total. The first-order valence-electron chi connectivity index (χ1n) is 24.5. The second kappa shape index (κ2) is 21.0. The van der Waals surface area contributed by atoms with Crippen LogP contribution in [0.3, 0.4) is 0 Å². The molecule has 0 bridgehead atoms. The minimum atomic E-state index is -2.40. The monoisotopic (exact) mass is 1140 g/mol. The molecule has 0 saturated carbocycles. The molecule has 0 amide bonds. The highest BCUT2D eigenvalue weighted by Gasteiger charge is 2.37. The molecular formula is C62H36F8N6S4. The lowest BCUT2D eigenvalue weighted by atomic mass is 9.97. The van der Waals surface area contributed by atoms with Gasteiger partial charge >= 0.3 is 0 Å². The molecule has 12 rings (SSSR count). The molecule has 80 heavy (non-hydrogen) atoms. The van der Waals surface area contributed by atoms with Gasteiger partial charge in [-0.2, -0.15) is 0 Å². The van der Waals surface area contributed by atoms with Gasteiger partial charge in [-0.05, 0) is 98.5 Å². The summed E-state index contributed by atoms with van der Waals surface area (Å²) < 4.78 is 134. The predicted octanol–water partition coefficient (Wildman–Crippen LogP) is 19.0. The molecule has 0 aliphatic carbocycles. The zero-order chi connectivity index (χ0) is 55.7. The van der Waals surface area contributed by atoms with Crippen molar-refractivity contribution in [1.82, 2.24) is 29.9 Å². The molecule has 0 fully saturated rings. The summed E-state index contributed by atoms with van der Waals surface area (Å²) in [5.74, 6) is -20.9. The van der Waals surface area contributed by atoms with Crippen LogP contribution in [-0.4, -0.2) is 29.9 Å². The van der Waals surface area contributed by atoms with Crippen molar-refractivity contribution < 1.29 is 35.1 Å². The Labute approximate surface area is 468 Å². The molecule has 6 aromatic carbocycles. The van der Waals surface area contributed by atoms with Crippen molar-refractivity contribution in [2.45, 2.75) is 27.7 Å². The van der Waals surface area contributed by atoms with Crippen molar-refractivity contribution >= 4 is 45.3 Å². The molecule has 0 unspecified atom stereocenters. The Kier molecular flexibility index (Phi) is 13.7. The Morgan fingerprint density at radius 2 is 0.388 bits per heavy atom. The number of thiophene rings is 4. The van der Waals surface area contributed by atoms with Crippen LogP contribution in [0, 0.1) is 74.2 Å². The predicted molar refractivity (Wildman–Crippen MR) is 303 cm³/mol. The summed E-state index contributed by atoms with van der Waals surface area (Å²) in [5.41, 5.74) is -2.42. The standard InChI is InChI=1S/C62H36F8N6S4/c1-29-5-25-41(77-29)33-9-17-37(18-10-33)57-71-58(38-19-11-34(12-20-38)42-26-6-30(2)78-42)74-61(73-57)47-53(67)49(63)45(50(64)54(47)68)46-51(65)55(69)48(56(70)52(46)66)62-75-59(39-21-13-35(14-22-39)43-27-7-31(3)79-43)72-60(76-62)40-23-15-36(16-24-40)44-28-8-32(4)80-44/h5-28H,1-4H3. The largest absolute Gasteiger partial charge is 0.208 e. The van der Waals surface area contributed by atoms with Crippen LogP contribution >= 0.6 is 45.3 Å². The van der Waals surface area contributed by atoms with Crippen LogP contribution < -0.4 is 0 Å². The normalized spacial score (nSPS) is 11.5. The van der Waals surface area contributed by atoms with Gasteiger partial charge in [-0.1, -0.05) is 97.1 Å². The van der Waals surface area contributed by atoms with Gasteiger partial charge < -0.3 is 0 Å². The van der Waals surface area contributed by atoms with Crippen molar-refractivity contribution in [2.75, 3.05) is 0 Å². The molecule has 6 aromatic heterocycles. The molecule has 0 atom stereocenters. The number of halogens is 8. The quantitative estimate of drug-likeness (QED) is 0.0949. The molecule has 0 saturated heterocycles. The average Bonchev–Trinajstić information content (AvgIpc) is 4.45. The third-order valence-corrected chi connectivity index (χ3v) is 17.4. The molecule has 0 radical (unpaired) electrons. The maximum absolute atomic E-state index is 16.8. The number of hydrogen-bond acceptors (Lipinski definition) is 10. The van der Waals surface area contributed by atoms with Crippen LogP contribution in [0.15, 0.2) is 146 Å². The Bertz CT molecular complexity index is 3840. The van der Waals surface area contributed by atoms with Crippen molar-refractivity contribution in [1.29, 1.82) is 0 Å². The molecule has 18 heteroatoms. The van der Waals surface area contributed by atoms with Gasteiger partial charge in [0.1, 0.15) is 0 Å². The third-order valence-electron chi connectivity index (χ3n) is 13.2. The number of aromatic nitrogens is 6. The average molecular weight is 1150 g/mol. The van der Waals surface area contributed by atoms with E-state index in [2.05, 4.69) is 29.9 Å². The smallest absolute Gasteiger partial charge is 0.173 e. The zero-order valence-corrected chi connectivity index (χ0v) is 45.5. The minimum absolute atomic E-state index is 0.155. The minimum Gasteiger partial charge on any atom is -0.208 e. The molecule has 394 valence electrons. The van der Waals surface area contributed by atoms with E-state index in [-0.39, 0.29) is 23.3 Å². The Hall–Kier alpha value is -8.42. The lowest BCUT2D eigenvalue weighted by molar-refractivity contribution is 0.445. The van der Waals surface area contributed by atoms with E-state index >= 15 is 35.1 Å². The number of benzene rings is 6. The topological polar surface area (TPSA) is 77.3 Å². The molecule has 0 aliphatic heterocycles. The number of rotatable bonds is 11. The van der Waals surface area contributed by atoms with Gasteiger partial charge in [0.15, 0.2) is 81.5 Å². The fourth-order valence-corrected chi connectivity index (χ4v) is 12.6. The number of nitrogens with zero attached hydrogens (tertiary/aromatic N) is 6. The van der Waals surface area contributed by atoms with E-state index in [0.29, 0.717) is 22.3 Å². The van der Waals surface area contributed by atoms with Crippen LogP contribution in [0.1, 0.15) is 19.5 Å². The summed E-state index contributed by atoms with van der Waals surface area (Å²) in [6.07, 6.45) is 0. The second-order valence-corrected chi connectivity index (χ2v) is 23.7. The second-order valence-electron chi connectivity index (χ2n) is 18.6. The van der Waals surface area contributed by atoms with Gasteiger partial charge in [0.25, 0.3) is 0 Å². The summed E-state index contributed by atoms with van der Waals surface area (Å²) in [4.78, 5) is 34.4. The van der Waals surface area contributed by atoms with Crippen LogP contribution in [0.4, 0.5) is 35.1 Å². The van der Waals surface area contributed by atoms with E-state index in [1.807, 2.05) is 76.2 Å². The Morgan fingerprint density at radius 3 is 0.575 bits per heavy atom. The fourth-order valence-electron chi connectivity index (χ4n) is 9.08. The van der Waals surface area contributed by atoms with Gasteiger partial charge in [0.05, 0.1) is 22.3 Å². The van der Waals surface area contributed by atoms with Gasteiger partial charge in [0, 0.05) is 61.3 Å². The molecule has 0 spiro atoms. The van der Waals surface area contributed by atoms with Gasteiger partial charge in [-0.15, -0.1) is 45.3 Å². The van der Waals surface area contributed by atoms with Crippen LogP contribution in [0.2, 0.25) is 0 Å². The summed E-state index contributed by atoms with van der Waals surface area (Å²) in [6, 6.07) is 43.1. The Balaban J connectivity index is 0.965. The summed E-state index contributed by atoms with van der Waals surface area (Å²) >= 11 is 6.24. The van der Waals surface area contributed by atoms with Crippen LogP contribution in [-0.2, 0) is 0 Å². The maximum Gasteiger partial charge on any atom is 0.173 e. The number of hydrogen-bond donors (Lipinski definition) is 0. The van der Waals surface area contributed by atoms with Gasteiger partial charge in [0.2, 0.25) is 0 Å². The van der Waals surface area contributed by atoms with Crippen LogP contribution in [0.25, 0.3) is 121 Å². The SMILES string of the molecule is Cc1ccc(-c2ccc(-c3nc(-c4ccc(-c5ccc(C)s5)cc4)nc(-c4c(F)c(F)c(-c5c(F)c(F)c(-c6nc(-c7ccc(-c8ccc(C)s8)cc7)nc(-c7ccc(-c8ccc(C)s8)cc7)n6)c(F)c5F)c(F)c4F)n3)cc2)s1. The summed E-state index contributed by atoms with van der Waals surface area (Å²) in [7, 11) is 0. The van der Waals surface area contributed by atoms with Crippen LogP contribution in [0.5, 0.6) is 0 Å². The lowest BCUT2D eigenvalue weighted by Gasteiger charge is -2.16.